The molecule has 4 nitrogen and oxygen atoms in total. The third-order valence-electron chi connectivity index (χ3n) is 3.56. The highest BCUT2D eigenvalue weighted by Crippen LogP contribution is 2.36. The van der Waals surface area contributed by atoms with Gasteiger partial charge in [0.2, 0.25) is 5.78 Å². The zero-order chi connectivity index (χ0) is 12.3. The maximum atomic E-state index is 12.5. The number of ketones is 1. The fourth-order valence-corrected chi connectivity index (χ4v) is 2.64. The maximum Gasteiger partial charge on any atom is 0.214 e. The second-order valence-corrected chi connectivity index (χ2v) is 4.82. The molecule has 0 N–H and O–H groups in total. The average molecular weight is 234 g/mol. The Morgan fingerprint density at radius 1 is 1.53 bits per heavy atom. The van der Waals surface area contributed by atoms with Gasteiger partial charge < -0.3 is 4.74 Å². The van der Waals surface area contributed by atoms with Gasteiger partial charge in [-0.2, -0.15) is 0 Å². The van der Waals surface area contributed by atoms with Crippen molar-refractivity contribution in [2.24, 2.45) is 5.92 Å². The molecule has 0 amide bonds. The van der Waals surface area contributed by atoms with Crippen LogP contribution in [0.25, 0.3) is 0 Å². The number of nitrogens with zero attached hydrogens (tertiary/aromatic N) is 2. The maximum absolute atomic E-state index is 12.5. The van der Waals surface area contributed by atoms with Crippen molar-refractivity contribution in [2.75, 3.05) is 7.11 Å². The minimum atomic E-state index is -0.687. The molecular formula is C13H18N2O2. The van der Waals surface area contributed by atoms with Crippen LogP contribution in [0.15, 0.2) is 18.6 Å². The Bertz CT molecular complexity index is 394. The minimum absolute atomic E-state index is 0.0281. The molecule has 1 fully saturated rings. The quantitative estimate of drug-likeness (QED) is 0.753. The van der Waals surface area contributed by atoms with Crippen LogP contribution in [0.1, 0.15) is 43.1 Å². The summed E-state index contributed by atoms with van der Waals surface area (Å²) in [7, 11) is 1.62. The molecule has 2 atom stereocenters. The van der Waals surface area contributed by atoms with Crippen molar-refractivity contribution in [3.63, 3.8) is 0 Å². The van der Waals surface area contributed by atoms with Gasteiger partial charge in [0.15, 0.2) is 0 Å². The van der Waals surface area contributed by atoms with E-state index in [9.17, 15) is 4.79 Å². The summed E-state index contributed by atoms with van der Waals surface area (Å²) >= 11 is 0. The monoisotopic (exact) mass is 234 g/mol. The van der Waals surface area contributed by atoms with E-state index in [0.717, 1.165) is 19.3 Å². The second-order valence-electron chi connectivity index (χ2n) is 4.82. The molecule has 0 spiro atoms. The lowest BCUT2D eigenvalue weighted by Gasteiger charge is -2.37. The van der Waals surface area contributed by atoms with Crippen LogP contribution in [0.2, 0.25) is 0 Å². The second kappa shape index (κ2) is 4.92. The Labute approximate surface area is 101 Å². The van der Waals surface area contributed by atoms with Gasteiger partial charge in [0.25, 0.3) is 0 Å². The summed E-state index contributed by atoms with van der Waals surface area (Å²) in [4.78, 5) is 20.5. The molecule has 0 radical (unpaired) electrons. The summed E-state index contributed by atoms with van der Waals surface area (Å²) in [6.45, 7) is 2.16. The van der Waals surface area contributed by atoms with E-state index >= 15 is 0 Å². The van der Waals surface area contributed by atoms with Gasteiger partial charge in [-0.25, -0.2) is 4.98 Å². The van der Waals surface area contributed by atoms with Crippen molar-refractivity contribution in [1.29, 1.82) is 0 Å². The van der Waals surface area contributed by atoms with Gasteiger partial charge in [-0.1, -0.05) is 13.3 Å². The normalized spacial score (nSPS) is 28.9. The standard InChI is InChI=1S/C13H18N2O2/c1-10-4-3-5-13(8-10,17-2)12(16)11-9-14-6-7-15-11/h6-7,9-10H,3-5,8H2,1-2H3. The minimum Gasteiger partial charge on any atom is -0.370 e. The molecule has 1 aliphatic carbocycles. The molecule has 1 aliphatic rings. The van der Waals surface area contributed by atoms with E-state index in [1.54, 1.807) is 19.5 Å². The summed E-state index contributed by atoms with van der Waals surface area (Å²) in [6, 6.07) is 0. The van der Waals surface area contributed by atoms with E-state index in [1.165, 1.54) is 12.6 Å². The number of Topliss-reactive ketones (excluding diaryl/α,β-unsaturated/α-hetero) is 1. The molecule has 1 heterocycles. The van der Waals surface area contributed by atoms with Crippen LogP contribution in [0.4, 0.5) is 0 Å². The summed E-state index contributed by atoms with van der Waals surface area (Å²) in [5.41, 5.74) is -0.281. The average Bonchev–Trinajstić information content (AvgIpc) is 2.38. The topological polar surface area (TPSA) is 52.1 Å². The number of hydrogen-bond acceptors (Lipinski definition) is 4. The van der Waals surface area contributed by atoms with E-state index in [1.807, 2.05) is 0 Å². The lowest BCUT2D eigenvalue weighted by molar-refractivity contribution is -0.0306. The van der Waals surface area contributed by atoms with Crippen molar-refractivity contribution in [1.82, 2.24) is 9.97 Å². The van der Waals surface area contributed by atoms with E-state index in [2.05, 4.69) is 16.9 Å². The predicted octanol–water partition coefficient (Wildman–Crippen LogP) is 2.25. The van der Waals surface area contributed by atoms with Crippen LogP contribution in [0.3, 0.4) is 0 Å². The van der Waals surface area contributed by atoms with E-state index in [0.29, 0.717) is 11.6 Å². The summed E-state index contributed by atoms with van der Waals surface area (Å²) in [6.07, 6.45) is 8.38. The van der Waals surface area contributed by atoms with E-state index in [4.69, 9.17) is 4.74 Å². The number of rotatable bonds is 3. The number of ether oxygens (including phenoxy) is 1. The molecule has 1 aromatic heterocycles. The highest BCUT2D eigenvalue weighted by Gasteiger charge is 2.42. The van der Waals surface area contributed by atoms with E-state index in [-0.39, 0.29) is 5.78 Å². The van der Waals surface area contributed by atoms with Crippen molar-refractivity contribution >= 4 is 5.78 Å². The van der Waals surface area contributed by atoms with Gasteiger partial charge in [0, 0.05) is 19.5 Å². The van der Waals surface area contributed by atoms with Gasteiger partial charge in [0.05, 0.1) is 6.20 Å². The molecule has 4 heteroatoms. The molecule has 0 aliphatic heterocycles. The molecule has 0 bridgehead atoms. The molecule has 0 saturated heterocycles. The molecular weight excluding hydrogens is 216 g/mol. The SMILES string of the molecule is COC1(C(=O)c2cnccn2)CCCC(C)C1. The first-order chi connectivity index (χ1) is 8.18. The predicted molar refractivity (Wildman–Crippen MR) is 63.7 cm³/mol. The van der Waals surface area contributed by atoms with Crippen LogP contribution < -0.4 is 0 Å². The lowest BCUT2D eigenvalue weighted by Crippen LogP contribution is -2.45. The zero-order valence-electron chi connectivity index (χ0n) is 10.3. The molecule has 1 saturated carbocycles. The van der Waals surface area contributed by atoms with Gasteiger partial charge in [-0.3, -0.25) is 9.78 Å². The largest absolute Gasteiger partial charge is 0.370 e. The van der Waals surface area contributed by atoms with Gasteiger partial charge in [-0.05, 0) is 25.2 Å². The van der Waals surface area contributed by atoms with Crippen LogP contribution in [-0.4, -0.2) is 28.5 Å². The molecule has 2 rings (SSSR count). The zero-order valence-corrected chi connectivity index (χ0v) is 10.3. The molecule has 17 heavy (non-hydrogen) atoms. The number of hydrogen-bond donors (Lipinski definition) is 0. The van der Waals surface area contributed by atoms with Gasteiger partial charge in [0.1, 0.15) is 11.3 Å². The fourth-order valence-electron chi connectivity index (χ4n) is 2.64. The number of carbonyl (C=O) groups excluding carboxylic acids is 1. The molecule has 1 aromatic rings. The van der Waals surface area contributed by atoms with Gasteiger partial charge in [-0.15, -0.1) is 0 Å². The third-order valence-corrected chi connectivity index (χ3v) is 3.56. The number of methoxy groups -OCH3 is 1. The summed E-state index contributed by atoms with van der Waals surface area (Å²) in [5.74, 6) is 0.490. The Balaban J connectivity index is 2.26. The first kappa shape index (κ1) is 12.2. The Kier molecular flexibility index (Phi) is 3.52. The number of carbonyl (C=O) groups is 1. The van der Waals surface area contributed by atoms with Crippen LogP contribution in [-0.2, 0) is 4.74 Å². The number of aromatic nitrogens is 2. The van der Waals surface area contributed by atoms with Crippen molar-refractivity contribution in [3.8, 4) is 0 Å². The van der Waals surface area contributed by atoms with Crippen molar-refractivity contribution in [2.45, 2.75) is 38.2 Å². The Morgan fingerprint density at radius 3 is 2.94 bits per heavy atom. The lowest BCUT2D eigenvalue weighted by atomic mass is 9.75. The first-order valence-electron chi connectivity index (χ1n) is 6.04. The van der Waals surface area contributed by atoms with Crippen molar-refractivity contribution in [3.05, 3.63) is 24.3 Å². The summed E-state index contributed by atoms with van der Waals surface area (Å²) in [5, 5.41) is 0. The van der Waals surface area contributed by atoms with E-state index < -0.39 is 5.60 Å². The van der Waals surface area contributed by atoms with Crippen molar-refractivity contribution < 1.29 is 9.53 Å². The highest BCUT2D eigenvalue weighted by molar-refractivity contribution is 6.00. The molecule has 92 valence electrons. The smallest absolute Gasteiger partial charge is 0.214 e. The van der Waals surface area contributed by atoms with Crippen LogP contribution >= 0.6 is 0 Å². The Hall–Kier alpha value is -1.29. The third kappa shape index (κ3) is 2.36. The first-order valence-corrected chi connectivity index (χ1v) is 6.04. The molecule has 0 aromatic carbocycles. The molecule has 2 unspecified atom stereocenters. The van der Waals surface area contributed by atoms with Crippen LogP contribution in [0.5, 0.6) is 0 Å². The Morgan fingerprint density at radius 2 is 2.35 bits per heavy atom. The fraction of sp³-hybridized carbons (Fsp3) is 0.615. The van der Waals surface area contributed by atoms with Gasteiger partial charge >= 0.3 is 0 Å². The highest BCUT2D eigenvalue weighted by atomic mass is 16.5. The summed E-state index contributed by atoms with van der Waals surface area (Å²) < 4.78 is 5.55. The van der Waals surface area contributed by atoms with Crippen LogP contribution in [0, 0.1) is 5.92 Å².